The van der Waals surface area contributed by atoms with E-state index in [0.717, 1.165) is 4.31 Å². The van der Waals surface area contributed by atoms with Crippen molar-refractivity contribution < 1.29 is 27.9 Å². The number of fused-ring (bicyclic) bond motifs is 1. The Labute approximate surface area is 226 Å². The average Bonchev–Trinajstić information content (AvgIpc) is 3.38. The topological polar surface area (TPSA) is 160 Å². The average molecular weight is 558 g/mol. The van der Waals surface area contributed by atoms with Crippen molar-refractivity contribution in [3.63, 3.8) is 0 Å². The van der Waals surface area contributed by atoms with E-state index in [-0.39, 0.29) is 59.2 Å². The number of carbonyl (C=O) groups is 2. The second-order valence-corrected chi connectivity index (χ2v) is 11.5. The van der Waals surface area contributed by atoms with Gasteiger partial charge in [0.1, 0.15) is 11.8 Å². The summed E-state index contributed by atoms with van der Waals surface area (Å²) in [5.41, 5.74) is 0.440. The van der Waals surface area contributed by atoms with Gasteiger partial charge >= 0.3 is 0 Å². The van der Waals surface area contributed by atoms with Gasteiger partial charge in [0, 0.05) is 45.1 Å². The molecule has 0 radical (unpaired) electrons. The minimum absolute atomic E-state index is 0.0638. The second kappa shape index (κ2) is 11.5. The molecule has 14 heteroatoms. The van der Waals surface area contributed by atoms with Crippen LogP contribution in [0.5, 0.6) is 5.75 Å². The first kappa shape index (κ1) is 28.1. The van der Waals surface area contributed by atoms with E-state index in [1.807, 2.05) is 6.92 Å². The molecule has 1 aliphatic rings. The van der Waals surface area contributed by atoms with Crippen molar-refractivity contribution in [2.24, 2.45) is 13.0 Å². The molecule has 1 aromatic carbocycles. The van der Waals surface area contributed by atoms with Gasteiger partial charge in [0.15, 0.2) is 10.8 Å². The van der Waals surface area contributed by atoms with E-state index in [1.54, 1.807) is 32.2 Å². The number of aromatic nitrogens is 4. The Morgan fingerprint density at radius 3 is 2.72 bits per heavy atom. The number of aliphatic hydroxyl groups excluding tert-OH is 1. The number of rotatable bonds is 8. The summed E-state index contributed by atoms with van der Waals surface area (Å²) in [6, 6.07) is 4.23. The fraction of sp³-hybridized carbons (Fsp3) is 0.400. The maximum absolute atomic E-state index is 13.6. The number of para-hydroxylation sites is 1. The fourth-order valence-corrected chi connectivity index (χ4v) is 5.34. The Morgan fingerprint density at radius 1 is 1.31 bits per heavy atom. The Balaban J connectivity index is 1.73. The van der Waals surface area contributed by atoms with Crippen LogP contribution in [0.3, 0.4) is 0 Å². The van der Waals surface area contributed by atoms with Gasteiger partial charge in [0.2, 0.25) is 0 Å². The highest BCUT2D eigenvalue weighted by molar-refractivity contribution is 7.89. The lowest BCUT2D eigenvalue weighted by molar-refractivity contribution is 0.0388. The SMILES string of the molecule is C[C@H]1CN([C@@H](C)CO)C(=O)c2cccc(NC(=O)c3cnccn3)c2O[C@@H]1CN(C)S(=O)(=O)c1cn(C)cn1. The third-order valence-corrected chi connectivity index (χ3v) is 8.24. The minimum Gasteiger partial charge on any atom is -0.486 e. The van der Waals surface area contributed by atoms with E-state index in [2.05, 4.69) is 20.3 Å². The van der Waals surface area contributed by atoms with Crippen molar-refractivity contribution in [2.75, 3.05) is 32.1 Å². The van der Waals surface area contributed by atoms with Crippen molar-refractivity contribution in [3.8, 4) is 5.75 Å². The van der Waals surface area contributed by atoms with Crippen LogP contribution in [-0.4, -0.2) is 93.0 Å². The van der Waals surface area contributed by atoms with E-state index in [9.17, 15) is 23.1 Å². The summed E-state index contributed by atoms with van der Waals surface area (Å²) >= 11 is 0. The number of nitrogens with zero attached hydrogens (tertiary/aromatic N) is 6. The number of aliphatic hydroxyl groups is 1. The molecule has 1 aliphatic heterocycles. The lowest BCUT2D eigenvalue weighted by Crippen LogP contribution is -2.50. The number of anilines is 1. The summed E-state index contributed by atoms with van der Waals surface area (Å²) < 4.78 is 35.4. The number of benzene rings is 1. The Bertz CT molecular complexity index is 1450. The van der Waals surface area contributed by atoms with Gasteiger partial charge in [-0.25, -0.2) is 18.4 Å². The van der Waals surface area contributed by atoms with E-state index in [1.165, 1.54) is 47.6 Å². The van der Waals surface area contributed by atoms with Gasteiger partial charge < -0.3 is 24.6 Å². The lowest BCUT2D eigenvalue weighted by atomic mass is 9.99. The van der Waals surface area contributed by atoms with Crippen molar-refractivity contribution >= 4 is 27.5 Å². The van der Waals surface area contributed by atoms with Crippen LogP contribution in [0.4, 0.5) is 5.69 Å². The van der Waals surface area contributed by atoms with Crippen LogP contribution in [0.2, 0.25) is 0 Å². The van der Waals surface area contributed by atoms with Gasteiger partial charge in [-0.2, -0.15) is 4.31 Å². The van der Waals surface area contributed by atoms with Crippen LogP contribution < -0.4 is 10.1 Å². The number of likely N-dealkylation sites (N-methyl/N-ethyl adjacent to an activating group) is 1. The number of carbonyl (C=O) groups excluding carboxylic acids is 2. The zero-order chi connectivity index (χ0) is 28.3. The summed E-state index contributed by atoms with van der Waals surface area (Å²) in [6.07, 6.45) is 6.21. The first-order valence-electron chi connectivity index (χ1n) is 12.3. The highest BCUT2D eigenvalue weighted by Crippen LogP contribution is 2.35. The molecule has 2 amide bonds. The quantitative estimate of drug-likeness (QED) is 0.412. The van der Waals surface area contributed by atoms with Crippen molar-refractivity contribution in [2.45, 2.75) is 31.0 Å². The zero-order valence-corrected chi connectivity index (χ0v) is 22.9. The summed E-state index contributed by atoms with van der Waals surface area (Å²) in [5.74, 6) is -1.21. The summed E-state index contributed by atoms with van der Waals surface area (Å²) in [6.45, 7) is 3.43. The van der Waals surface area contributed by atoms with Gasteiger partial charge in [0.25, 0.3) is 21.8 Å². The maximum Gasteiger partial charge on any atom is 0.275 e. The largest absolute Gasteiger partial charge is 0.486 e. The standard InChI is InChI=1S/C25H31N7O6S/c1-16-11-32(17(2)14-33)25(35)18-6-5-7-19(29-24(34)20-10-26-8-9-27-20)23(18)38-21(16)12-31(4)39(36,37)22-13-30(3)15-28-22/h5-10,13,15-17,21,33H,11-12,14H2,1-4H3,(H,29,34)/t16-,17-,21+/m0/s1. The molecule has 3 aromatic rings. The van der Waals surface area contributed by atoms with Gasteiger partial charge in [-0.15, -0.1) is 0 Å². The molecule has 0 aliphatic carbocycles. The van der Waals surface area contributed by atoms with Gasteiger partial charge in [-0.3, -0.25) is 14.6 Å². The number of amides is 2. The molecule has 39 heavy (non-hydrogen) atoms. The van der Waals surface area contributed by atoms with Crippen LogP contribution >= 0.6 is 0 Å². The van der Waals surface area contributed by atoms with Crippen molar-refractivity contribution in [3.05, 3.63) is 60.6 Å². The molecule has 208 valence electrons. The maximum atomic E-state index is 13.6. The Kier molecular flexibility index (Phi) is 8.28. The smallest absolute Gasteiger partial charge is 0.275 e. The number of aryl methyl sites for hydroxylation is 1. The molecule has 13 nitrogen and oxygen atoms in total. The molecule has 4 rings (SSSR count). The predicted molar refractivity (Wildman–Crippen MR) is 141 cm³/mol. The molecule has 2 aromatic heterocycles. The summed E-state index contributed by atoms with van der Waals surface area (Å²) in [5, 5.41) is 12.5. The summed E-state index contributed by atoms with van der Waals surface area (Å²) in [4.78, 5) is 39.9. The lowest BCUT2D eigenvalue weighted by Gasteiger charge is -2.38. The highest BCUT2D eigenvalue weighted by atomic mass is 32.2. The third-order valence-electron chi connectivity index (χ3n) is 6.53. The number of hydrogen-bond donors (Lipinski definition) is 2. The molecule has 3 heterocycles. The molecule has 0 saturated heterocycles. The van der Waals surface area contributed by atoms with Gasteiger partial charge in [-0.05, 0) is 19.1 Å². The number of ether oxygens (including phenoxy) is 1. The monoisotopic (exact) mass is 557 g/mol. The van der Waals surface area contributed by atoms with Crippen LogP contribution in [-0.2, 0) is 17.1 Å². The van der Waals surface area contributed by atoms with E-state index >= 15 is 0 Å². The molecule has 2 N–H and O–H groups in total. The van der Waals surface area contributed by atoms with E-state index in [4.69, 9.17) is 4.74 Å². The van der Waals surface area contributed by atoms with Crippen molar-refractivity contribution in [1.82, 2.24) is 28.7 Å². The number of sulfonamides is 1. The molecule has 0 saturated carbocycles. The number of imidazole rings is 1. The molecular formula is C25H31N7O6S. The van der Waals surface area contributed by atoms with Crippen LogP contribution in [0.15, 0.2) is 54.3 Å². The summed E-state index contributed by atoms with van der Waals surface area (Å²) in [7, 11) is -0.828. The number of hydrogen-bond acceptors (Lipinski definition) is 9. The van der Waals surface area contributed by atoms with E-state index in [0.29, 0.717) is 0 Å². The van der Waals surface area contributed by atoms with Gasteiger partial charge in [-0.1, -0.05) is 13.0 Å². The van der Waals surface area contributed by atoms with Crippen LogP contribution in [0.25, 0.3) is 0 Å². The molecule has 0 spiro atoms. The van der Waals surface area contributed by atoms with Gasteiger partial charge in [0.05, 0.1) is 43.0 Å². The van der Waals surface area contributed by atoms with Crippen LogP contribution in [0.1, 0.15) is 34.7 Å². The third kappa shape index (κ3) is 5.92. The highest BCUT2D eigenvalue weighted by Gasteiger charge is 2.36. The van der Waals surface area contributed by atoms with Crippen LogP contribution in [0, 0.1) is 5.92 Å². The second-order valence-electron chi connectivity index (χ2n) is 9.51. The Hall–Kier alpha value is -3.88. The first-order valence-corrected chi connectivity index (χ1v) is 13.7. The Morgan fingerprint density at radius 2 is 2.08 bits per heavy atom. The number of nitrogens with one attached hydrogen (secondary N) is 1. The molecule has 3 atom stereocenters. The molecule has 0 bridgehead atoms. The fourth-order valence-electron chi connectivity index (χ4n) is 4.20. The molecule has 0 fully saturated rings. The minimum atomic E-state index is -3.93. The first-order chi connectivity index (χ1) is 18.5. The predicted octanol–water partition coefficient (Wildman–Crippen LogP) is 1.00. The molecular weight excluding hydrogens is 526 g/mol. The molecule has 0 unspecified atom stereocenters. The zero-order valence-electron chi connectivity index (χ0n) is 22.1. The van der Waals surface area contributed by atoms with Crippen molar-refractivity contribution in [1.29, 1.82) is 0 Å². The van der Waals surface area contributed by atoms with E-state index < -0.39 is 28.1 Å². The normalized spacial score (nSPS) is 18.6.